The molecule has 0 bridgehead atoms. The fraction of sp³-hybridized carbons (Fsp3) is 0.933. The molecular weight excluding hydrogens is 276 g/mol. The van der Waals surface area contributed by atoms with Crippen LogP contribution < -0.4 is 5.32 Å². The quantitative estimate of drug-likeness (QED) is 0.847. The van der Waals surface area contributed by atoms with Gasteiger partial charge in [0.05, 0.1) is 12.1 Å². The first-order chi connectivity index (χ1) is 9.16. The van der Waals surface area contributed by atoms with Crippen LogP contribution in [0.4, 0.5) is 0 Å². The molecule has 0 spiro atoms. The molecule has 0 aromatic carbocycles. The van der Waals surface area contributed by atoms with Gasteiger partial charge in [-0.25, -0.2) is 0 Å². The van der Waals surface area contributed by atoms with Crippen LogP contribution in [-0.4, -0.2) is 49.2 Å². The van der Waals surface area contributed by atoms with Crippen molar-refractivity contribution in [1.29, 1.82) is 0 Å². The molecule has 0 aliphatic carbocycles. The number of rotatable bonds is 5. The van der Waals surface area contributed by atoms with E-state index in [2.05, 4.69) is 19.2 Å². The lowest BCUT2D eigenvalue weighted by Gasteiger charge is -2.27. The minimum atomic E-state index is 0. The zero-order chi connectivity index (χ0) is 13.7. The summed E-state index contributed by atoms with van der Waals surface area (Å²) in [6.45, 7) is 7.88. The lowest BCUT2D eigenvalue weighted by molar-refractivity contribution is -0.133. The molecular formula is C15H29ClN2O2. The fourth-order valence-corrected chi connectivity index (χ4v) is 2.82. The highest BCUT2D eigenvalue weighted by atomic mass is 35.5. The molecule has 4 nitrogen and oxygen atoms in total. The Hall–Kier alpha value is -0.320. The first-order valence-electron chi connectivity index (χ1n) is 7.80. The van der Waals surface area contributed by atoms with Crippen LogP contribution in [0, 0.1) is 5.92 Å². The van der Waals surface area contributed by atoms with Crippen LogP contribution in [0.15, 0.2) is 0 Å². The van der Waals surface area contributed by atoms with Crippen LogP contribution in [0.3, 0.4) is 0 Å². The third-order valence-electron chi connectivity index (χ3n) is 4.11. The van der Waals surface area contributed by atoms with Crippen molar-refractivity contribution in [2.75, 3.05) is 26.2 Å². The molecule has 2 aliphatic heterocycles. The lowest BCUT2D eigenvalue weighted by atomic mass is 10.0. The summed E-state index contributed by atoms with van der Waals surface area (Å²) in [5.74, 6) is 0.972. The molecule has 2 atom stereocenters. The van der Waals surface area contributed by atoms with Crippen molar-refractivity contribution in [2.45, 2.75) is 58.1 Å². The second-order valence-corrected chi connectivity index (χ2v) is 6.25. The van der Waals surface area contributed by atoms with E-state index in [1.54, 1.807) is 0 Å². The molecule has 0 aromatic rings. The molecule has 0 saturated carbocycles. The Kier molecular flexibility index (Phi) is 7.85. The first-order valence-corrected chi connectivity index (χ1v) is 7.80. The molecule has 5 heteroatoms. The highest BCUT2D eigenvalue weighted by Crippen LogP contribution is 2.17. The maximum atomic E-state index is 12.3. The number of nitrogens with one attached hydrogen (secondary N) is 1. The molecule has 0 radical (unpaired) electrons. The molecule has 0 aromatic heterocycles. The van der Waals surface area contributed by atoms with E-state index in [1.165, 1.54) is 12.8 Å². The predicted octanol–water partition coefficient (Wildman–Crippen LogP) is 2.21. The van der Waals surface area contributed by atoms with Gasteiger partial charge in [0.15, 0.2) is 0 Å². The minimum Gasteiger partial charge on any atom is -0.376 e. The Morgan fingerprint density at radius 2 is 2.15 bits per heavy atom. The van der Waals surface area contributed by atoms with Crippen molar-refractivity contribution in [2.24, 2.45) is 5.92 Å². The third-order valence-corrected chi connectivity index (χ3v) is 4.11. The average molecular weight is 305 g/mol. The maximum Gasteiger partial charge on any atom is 0.239 e. The molecule has 2 rings (SSSR count). The van der Waals surface area contributed by atoms with Gasteiger partial charge in [0, 0.05) is 19.7 Å². The van der Waals surface area contributed by atoms with Gasteiger partial charge in [-0.3, -0.25) is 4.79 Å². The van der Waals surface area contributed by atoms with Crippen LogP contribution in [0.25, 0.3) is 0 Å². The monoisotopic (exact) mass is 304 g/mol. The van der Waals surface area contributed by atoms with Crippen LogP contribution in [0.1, 0.15) is 46.0 Å². The molecule has 20 heavy (non-hydrogen) atoms. The minimum absolute atomic E-state index is 0. The number of piperidine rings is 1. The summed E-state index contributed by atoms with van der Waals surface area (Å²) >= 11 is 0. The SMILES string of the molecule is CC(C)CCOC1CCN(C(=O)C2CCCCN2)C1.Cl. The van der Waals surface area contributed by atoms with Gasteiger partial charge in [-0.05, 0) is 38.1 Å². The number of likely N-dealkylation sites (tertiary alicyclic amines) is 1. The summed E-state index contributed by atoms with van der Waals surface area (Å²) in [6.07, 6.45) is 5.72. The molecule has 118 valence electrons. The van der Waals surface area contributed by atoms with Crippen molar-refractivity contribution in [1.82, 2.24) is 10.2 Å². The summed E-state index contributed by atoms with van der Waals surface area (Å²) in [5.41, 5.74) is 0. The van der Waals surface area contributed by atoms with Crippen molar-refractivity contribution >= 4 is 18.3 Å². The average Bonchev–Trinajstić information content (AvgIpc) is 2.87. The highest BCUT2D eigenvalue weighted by Gasteiger charge is 2.31. The summed E-state index contributed by atoms with van der Waals surface area (Å²) in [6, 6.07) is 0.0585. The Labute approximate surface area is 129 Å². The summed E-state index contributed by atoms with van der Waals surface area (Å²) in [4.78, 5) is 14.3. The summed E-state index contributed by atoms with van der Waals surface area (Å²) in [7, 11) is 0. The van der Waals surface area contributed by atoms with Crippen LogP contribution in [0.2, 0.25) is 0 Å². The maximum absolute atomic E-state index is 12.3. The van der Waals surface area contributed by atoms with Gasteiger partial charge in [-0.2, -0.15) is 0 Å². The van der Waals surface area contributed by atoms with Crippen molar-refractivity contribution in [3.05, 3.63) is 0 Å². The van der Waals surface area contributed by atoms with Gasteiger partial charge in [-0.15, -0.1) is 12.4 Å². The van der Waals surface area contributed by atoms with Gasteiger partial charge in [0.1, 0.15) is 0 Å². The van der Waals surface area contributed by atoms with Crippen LogP contribution >= 0.6 is 12.4 Å². The standard InChI is InChI=1S/C15H28N2O2.ClH/c1-12(2)7-10-19-13-6-9-17(11-13)15(18)14-5-3-4-8-16-14;/h12-14,16H,3-11H2,1-2H3;1H. The van der Waals surface area contributed by atoms with E-state index in [4.69, 9.17) is 4.74 Å². The van der Waals surface area contributed by atoms with E-state index < -0.39 is 0 Å². The number of hydrogen-bond acceptors (Lipinski definition) is 3. The van der Waals surface area contributed by atoms with E-state index >= 15 is 0 Å². The van der Waals surface area contributed by atoms with Gasteiger partial charge in [0.2, 0.25) is 5.91 Å². The largest absolute Gasteiger partial charge is 0.376 e. The number of halogens is 1. The zero-order valence-electron chi connectivity index (χ0n) is 12.8. The second-order valence-electron chi connectivity index (χ2n) is 6.25. The van der Waals surface area contributed by atoms with E-state index in [1.807, 2.05) is 4.90 Å². The van der Waals surface area contributed by atoms with E-state index in [-0.39, 0.29) is 30.5 Å². The van der Waals surface area contributed by atoms with E-state index in [9.17, 15) is 4.79 Å². The highest BCUT2D eigenvalue weighted by molar-refractivity contribution is 5.85. The fourth-order valence-electron chi connectivity index (χ4n) is 2.82. The molecule has 1 N–H and O–H groups in total. The predicted molar refractivity (Wildman–Crippen MR) is 83.3 cm³/mol. The molecule has 2 heterocycles. The number of nitrogens with zero attached hydrogens (tertiary/aromatic N) is 1. The Morgan fingerprint density at radius 1 is 1.35 bits per heavy atom. The van der Waals surface area contributed by atoms with Crippen molar-refractivity contribution in [3.63, 3.8) is 0 Å². The van der Waals surface area contributed by atoms with E-state index in [0.29, 0.717) is 5.92 Å². The Morgan fingerprint density at radius 3 is 2.80 bits per heavy atom. The number of carbonyl (C=O) groups is 1. The Bertz CT molecular complexity index is 294. The normalized spacial score (nSPS) is 26.6. The second kappa shape index (κ2) is 8.85. The molecule has 2 fully saturated rings. The first kappa shape index (κ1) is 17.7. The smallest absolute Gasteiger partial charge is 0.239 e. The van der Waals surface area contributed by atoms with Crippen LogP contribution in [-0.2, 0) is 9.53 Å². The van der Waals surface area contributed by atoms with Gasteiger partial charge in [-0.1, -0.05) is 20.3 Å². The van der Waals surface area contributed by atoms with Crippen molar-refractivity contribution < 1.29 is 9.53 Å². The summed E-state index contributed by atoms with van der Waals surface area (Å²) in [5, 5.41) is 3.34. The zero-order valence-corrected chi connectivity index (χ0v) is 13.6. The number of ether oxygens (including phenoxy) is 1. The van der Waals surface area contributed by atoms with Crippen LogP contribution in [0.5, 0.6) is 0 Å². The topological polar surface area (TPSA) is 41.6 Å². The van der Waals surface area contributed by atoms with Gasteiger partial charge < -0.3 is 15.0 Å². The molecule has 2 saturated heterocycles. The summed E-state index contributed by atoms with van der Waals surface area (Å²) < 4.78 is 5.87. The van der Waals surface area contributed by atoms with Crippen molar-refractivity contribution in [3.8, 4) is 0 Å². The van der Waals surface area contributed by atoms with E-state index in [0.717, 1.165) is 45.5 Å². The Balaban J connectivity index is 0.00000200. The van der Waals surface area contributed by atoms with Gasteiger partial charge >= 0.3 is 0 Å². The number of carbonyl (C=O) groups excluding carboxylic acids is 1. The lowest BCUT2D eigenvalue weighted by Crippen LogP contribution is -2.48. The number of amides is 1. The molecule has 2 unspecified atom stereocenters. The molecule has 1 amide bonds. The third kappa shape index (κ3) is 5.23. The molecule has 2 aliphatic rings. The van der Waals surface area contributed by atoms with Gasteiger partial charge in [0.25, 0.3) is 0 Å². The number of hydrogen-bond donors (Lipinski definition) is 1.